The molecule has 1 N–H and O–H groups in total. The number of carbonyl (C=O) groups is 1. The summed E-state index contributed by atoms with van der Waals surface area (Å²) >= 11 is 0. The Kier molecular flexibility index (Phi) is 5.30. The second kappa shape index (κ2) is 6.75. The Morgan fingerprint density at radius 2 is 1.90 bits per heavy atom. The summed E-state index contributed by atoms with van der Waals surface area (Å²) in [5.41, 5.74) is -0.130. The molecule has 0 saturated carbocycles. The number of hydrogen-bond acceptors (Lipinski definition) is 4. The third-order valence-corrected chi connectivity index (χ3v) is 2.94. The van der Waals surface area contributed by atoms with Gasteiger partial charge in [0.05, 0.1) is 7.11 Å². The van der Waals surface area contributed by atoms with E-state index in [2.05, 4.69) is 9.71 Å². The van der Waals surface area contributed by atoms with Crippen LogP contribution in [-0.4, -0.2) is 28.6 Å². The van der Waals surface area contributed by atoms with Gasteiger partial charge in [-0.2, -0.15) is 0 Å². The number of rotatable bonds is 4. The van der Waals surface area contributed by atoms with Crippen LogP contribution in [0.15, 0.2) is 42.0 Å². The zero-order valence-corrected chi connectivity index (χ0v) is 12.7. The summed E-state index contributed by atoms with van der Waals surface area (Å²) in [4.78, 5) is 16.8. The van der Waals surface area contributed by atoms with Crippen LogP contribution in [0.1, 0.15) is 26.3 Å². The van der Waals surface area contributed by atoms with Gasteiger partial charge in [0.15, 0.2) is 4.98 Å². The minimum Gasteiger partial charge on any atom is -0.475 e. The fourth-order valence-electron chi connectivity index (χ4n) is 1.78. The van der Waals surface area contributed by atoms with Crippen LogP contribution in [0.2, 0.25) is 0 Å². The van der Waals surface area contributed by atoms with Gasteiger partial charge in [0.1, 0.15) is 0 Å². The number of hydrogen-bond donors (Lipinski definition) is 1. The number of aliphatic hydroxyl groups excluding tert-OH is 1. The van der Waals surface area contributed by atoms with Crippen LogP contribution in [0.25, 0.3) is 4.98 Å². The molecule has 0 fully saturated rings. The number of benzene rings is 1. The van der Waals surface area contributed by atoms with E-state index >= 15 is 0 Å². The molecule has 1 aromatic rings. The lowest BCUT2D eigenvalue weighted by Gasteiger charge is -2.34. The molecular formula is C15H20N3O3+. The fraction of sp³-hybridized carbons (Fsp3) is 0.400. The first-order valence-corrected chi connectivity index (χ1v) is 6.49. The highest BCUT2D eigenvalue weighted by Gasteiger charge is 2.39. The molecule has 6 heteroatoms. The largest absolute Gasteiger partial charge is 0.527 e. The number of diazo groups is 1. The lowest BCUT2D eigenvalue weighted by Crippen LogP contribution is -2.45. The number of ether oxygens (including phenoxy) is 1. The average molecular weight is 290 g/mol. The van der Waals surface area contributed by atoms with Gasteiger partial charge in [-0.15, -0.1) is 0 Å². The van der Waals surface area contributed by atoms with Gasteiger partial charge in [-0.1, -0.05) is 30.3 Å². The summed E-state index contributed by atoms with van der Waals surface area (Å²) in [5.74, 6) is -1.34. The average Bonchev–Trinajstić information content (AvgIpc) is 2.45. The quantitative estimate of drug-likeness (QED) is 0.525. The maximum Gasteiger partial charge on any atom is 0.527 e. The Hall–Kier alpha value is -2.55. The van der Waals surface area contributed by atoms with E-state index in [4.69, 9.17) is 5.39 Å². The number of aliphatic hydroxyl groups is 1. The Morgan fingerprint density at radius 1 is 1.33 bits per heavy atom. The molecule has 0 aliphatic rings. The molecular weight excluding hydrogens is 270 g/mol. The third-order valence-electron chi connectivity index (χ3n) is 2.94. The van der Waals surface area contributed by atoms with E-state index in [9.17, 15) is 9.90 Å². The second-order valence-corrected chi connectivity index (χ2v) is 5.51. The molecule has 0 saturated heterocycles. The Bertz CT molecular complexity index is 568. The lowest BCUT2D eigenvalue weighted by atomic mass is 10.0. The van der Waals surface area contributed by atoms with Gasteiger partial charge in [0.2, 0.25) is 5.39 Å². The molecule has 1 amide bonds. The van der Waals surface area contributed by atoms with E-state index < -0.39 is 23.1 Å². The zero-order chi connectivity index (χ0) is 16.0. The second-order valence-electron chi connectivity index (χ2n) is 5.51. The summed E-state index contributed by atoms with van der Waals surface area (Å²) in [6.45, 7) is 5.88. The lowest BCUT2D eigenvalue weighted by molar-refractivity contribution is -0.132. The van der Waals surface area contributed by atoms with Crippen molar-refractivity contribution < 1.29 is 14.6 Å². The van der Waals surface area contributed by atoms with E-state index in [1.807, 2.05) is 51.1 Å². The minimum atomic E-state index is -0.718. The molecule has 21 heavy (non-hydrogen) atoms. The first-order valence-electron chi connectivity index (χ1n) is 6.49. The number of amides is 1. The Labute approximate surface area is 124 Å². The van der Waals surface area contributed by atoms with Crippen molar-refractivity contribution in [1.82, 2.24) is 4.90 Å². The molecule has 1 aromatic carbocycles. The predicted octanol–water partition coefficient (Wildman–Crippen LogP) is 3.04. The molecule has 0 aliphatic heterocycles. The van der Waals surface area contributed by atoms with E-state index in [-0.39, 0.29) is 0 Å². The van der Waals surface area contributed by atoms with E-state index in [1.54, 1.807) is 0 Å². The van der Waals surface area contributed by atoms with Crippen molar-refractivity contribution >= 4 is 5.91 Å². The molecule has 0 aromatic heterocycles. The molecule has 6 nitrogen and oxygen atoms in total. The Morgan fingerprint density at radius 3 is 2.33 bits per heavy atom. The van der Waals surface area contributed by atoms with Crippen LogP contribution in [0.5, 0.6) is 0 Å². The molecule has 0 spiro atoms. The molecule has 0 aliphatic carbocycles. The van der Waals surface area contributed by atoms with Gasteiger partial charge >= 0.3 is 17.5 Å². The van der Waals surface area contributed by atoms with Crippen molar-refractivity contribution in [2.75, 3.05) is 7.11 Å². The van der Waals surface area contributed by atoms with Crippen molar-refractivity contribution in [1.29, 1.82) is 5.39 Å². The van der Waals surface area contributed by atoms with E-state index in [0.717, 1.165) is 5.56 Å². The normalized spacial score (nSPS) is 12.1. The third kappa shape index (κ3) is 4.21. The maximum absolute atomic E-state index is 12.5. The van der Waals surface area contributed by atoms with Crippen LogP contribution in [0.3, 0.4) is 0 Å². The minimum absolute atomic E-state index is 0.319. The first-order chi connectivity index (χ1) is 9.81. The number of nitrogens with zero attached hydrogens (tertiary/aromatic N) is 3. The summed E-state index contributed by atoms with van der Waals surface area (Å²) in [6.07, 6.45) is 0. The van der Waals surface area contributed by atoms with Crippen LogP contribution in [0, 0.1) is 5.39 Å². The van der Waals surface area contributed by atoms with E-state index in [0.29, 0.717) is 6.54 Å². The predicted molar refractivity (Wildman–Crippen MR) is 78.5 cm³/mol. The highest BCUT2D eigenvalue weighted by atomic mass is 16.6. The van der Waals surface area contributed by atoms with Gasteiger partial charge in [0.25, 0.3) is 0 Å². The number of methoxy groups -OCH3 is 1. The molecule has 112 valence electrons. The molecule has 0 atom stereocenters. The highest BCUT2D eigenvalue weighted by Crippen LogP contribution is 2.21. The molecule has 1 rings (SSSR count). The van der Waals surface area contributed by atoms with Gasteiger partial charge in [-0.3, -0.25) is 4.79 Å². The monoisotopic (exact) mass is 290 g/mol. The summed E-state index contributed by atoms with van der Waals surface area (Å²) < 4.78 is 4.57. The van der Waals surface area contributed by atoms with Gasteiger partial charge < -0.3 is 14.7 Å². The van der Waals surface area contributed by atoms with E-state index in [1.165, 1.54) is 12.0 Å². The standard InChI is InChI=1S/C15H19N3O3/c1-15(2,3)18(10-11-8-6-5-7-9-11)13(19)12(17-16)14(20)21-4/h5-9H,10H2,1-4H3/p+1. The van der Waals surface area contributed by atoms with Crippen molar-refractivity contribution in [3.63, 3.8) is 0 Å². The first kappa shape index (κ1) is 16.5. The van der Waals surface area contributed by atoms with Gasteiger partial charge in [-0.25, -0.2) is 0 Å². The zero-order valence-electron chi connectivity index (χ0n) is 12.7. The topological polar surface area (TPSA) is 77.9 Å². The molecule has 0 unspecified atom stereocenters. The van der Waals surface area contributed by atoms with Crippen molar-refractivity contribution in [2.45, 2.75) is 32.9 Å². The van der Waals surface area contributed by atoms with Crippen molar-refractivity contribution in [2.24, 2.45) is 0 Å². The Balaban J connectivity index is 3.16. The van der Waals surface area contributed by atoms with Crippen LogP contribution >= 0.6 is 0 Å². The smallest absolute Gasteiger partial charge is 0.475 e. The van der Waals surface area contributed by atoms with Crippen LogP contribution < -0.4 is 0 Å². The molecule has 0 bridgehead atoms. The van der Waals surface area contributed by atoms with Gasteiger partial charge in [0, 0.05) is 12.1 Å². The van der Waals surface area contributed by atoms with Gasteiger partial charge in [-0.05, 0) is 26.3 Å². The fourth-order valence-corrected chi connectivity index (χ4v) is 1.78. The highest BCUT2D eigenvalue weighted by molar-refractivity contribution is 5.95. The van der Waals surface area contributed by atoms with Crippen LogP contribution in [0.4, 0.5) is 0 Å². The SMILES string of the molecule is CO/C(O)=C(\[N+]#N)C(=O)N(Cc1ccccc1)C(C)(C)C. The molecule has 0 heterocycles. The van der Waals surface area contributed by atoms with Crippen molar-refractivity contribution in [3.8, 4) is 0 Å². The maximum atomic E-state index is 12.5. The summed E-state index contributed by atoms with van der Waals surface area (Å²) in [7, 11) is 1.19. The number of carbonyl (C=O) groups excluding carboxylic acids is 1. The van der Waals surface area contributed by atoms with Crippen LogP contribution in [-0.2, 0) is 16.1 Å². The molecule has 0 radical (unpaired) electrons. The summed E-state index contributed by atoms with van der Waals surface area (Å²) in [6, 6.07) is 9.42. The summed E-state index contributed by atoms with van der Waals surface area (Å²) in [5, 5.41) is 18.5. The van der Waals surface area contributed by atoms with Crippen molar-refractivity contribution in [3.05, 3.63) is 52.5 Å².